The second-order valence-electron chi connectivity index (χ2n) is 6.28. The van der Waals surface area contributed by atoms with E-state index in [1.54, 1.807) is 38.4 Å². The molecule has 0 radical (unpaired) electrons. The molecule has 1 saturated heterocycles. The van der Waals surface area contributed by atoms with E-state index in [1.807, 2.05) is 6.07 Å². The Bertz CT molecular complexity index is 931. The Morgan fingerprint density at radius 1 is 1.31 bits per heavy atom. The summed E-state index contributed by atoms with van der Waals surface area (Å²) in [6.07, 6.45) is 3.27. The van der Waals surface area contributed by atoms with Crippen molar-refractivity contribution in [2.75, 3.05) is 19.6 Å². The third-order valence-corrected chi connectivity index (χ3v) is 6.59. The molecule has 8 nitrogen and oxygen atoms in total. The van der Waals surface area contributed by atoms with Gasteiger partial charge >= 0.3 is 0 Å². The van der Waals surface area contributed by atoms with E-state index in [-0.39, 0.29) is 17.1 Å². The van der Waals surface area contributed by atoms with Crippen LogP contribution in [0.25, 0.3) is 0 Å². The molecular weight excluding hydrogens is 356 g/mol. The van der Waals surface area contributed by atoms with Gasteiger partial charge in [-0.25, -0.2) is 8.42 Å². The first-order valence-electron chi connectivity index (χ1n) is 8.20. The Morgan fingerprint density at radius 2 is 2.08 bits per heavy atom. The second-order valence-corrected chi connectivity index (χ2v) is 8.14. The Morgan fingerprint density at radius 3 is 2.73 bits per heavy atom. The zero-order valence-electron chi connectivity index (χ0n) is 14.5. The standard InChI is InChI=1S/C17H20N4O4S/c1-12-8-13(2)17(9-15(12)21(22)23)26(24,25)20-7-6-19-11-16(20)14-4-3-5-18-10-14/h3-5,8-10,16,19H,6-7,11H2,1-2H3. The highest BCUT2D eigenvalue weighted by Crippen LogP contribution is 2.33. The number of nitro groups is 1. The van der Waals surface area contributed by atoms with Crippen LogP contribution in [0.5, 0.6) is 0 Å². The maximum absolute atomic E-state index is 13.3. The average molecular weight is 376 g/mol. The van der Waals surface area contributed by atoms with Crippen LogP contribution < -0.4 is 5.32 Å². The molecule has 138 valence electrons. The second kappa shape index (κ2) is 7.10. The summed E-state index contributed by atoms with van der Waals surface area (Å²) in [5, 5.41) is 14.5. The molecule has 2 heterocycles. The molecule has 0 aliphatic carbocycles. The van der Waals surface area contributed by atoms with Crippen LogP contribution in [0.2, 0.25) is 0 Å². The topological polar surface area (TPSA) is 105 Å². The first kappa shape index (κ1) is 18.4. The Kier molecular flexibility index (Phi) is 5.03. The molecule has 1 fully saturated rings. The van der Waals surface area contributed by atoms with Gasteiger partial charge in [0, 0.05) is 43.7 Å². The van der Waals surface area contributed by atoms with E-state index in [0.717, 1.165) is 5.56 Å². The summed E-state index contributed by atoms with van der Waals surface area (Å²) < 4.78 is 28.1. The van der Waals surface area contributed by atoms with Gasteiger partial charge in [0.05, 0.1) is 15.9 Å². The van der Waals surface area contributed by atoms with Crippen LogP contribution in [-0.4, -0.2) is 42.3 Å². The van der Waals surface area contributed by atoms with Crippen molar-refractivity contribution in [3.63, 3.8) is 0 Å². The molecule has 0 amide bonds. The number of nitro benzene ring substituents is 1. The number of sulfonamides is 1. The van der Waals surface area contributed by atoms with E-state index in [0.29, 0.717) is 24.2 Å². The van der Waals surface area contributed by atoms with Crippen molar-refractivity contribution in [2.24, 2.45) is 0 Å². The van der Waals surface area contributed by atoms with Crippen molar-refractivity contribution < 1.29 is 13.3 Å². The molecule has 1 aromatic heterocycles. The minimum atomic E-state index is -3.90. The Hall–Kier alpha value is -2.36. The fourth-order valence-electron chi connectivity index (χ4n) is 3.25. The van der Waals surface area contributed by atoms with Crippen molar-refractivity contribution in [3.8, 4) is 0 Å². The van der Waals surface area contributed by atoms with Crippen LogP contribution in [0.3, 0.4) is 0 Å². The lowest BCUT2D eigenvalue weighted by atomic mass is 10.1. The van der Waals surface area contributed by atoms with Crippen molar-refractivity contribution in [3.05, 3.63) is 63.5 Å². The molecule has 1 aliphatic rings. The number of piperazine rings is 1. The lowest BCUT2D eigenvalue weighted by Crippen LogP contribution is -2.48. The highest BCUT2D eigenvalue weighted by molar-refractivity contribution is 7.89. The van der Waals surface area contributed by atoms with Crippen molar-refractivity contribution in [1.29, 1.82) is 0 Å². The van der Waals surface area contributed by atoms with Crippen molar-refractivity contribution >= 4 is 15.7 Å². The van der Waals surface area contributed by atoms with E-state index in [2.05, 4.69) is 10.3 Å². The predicted molar refractivity (Wildman–Crippen MR) is 96.3 cm³/mol. The van der Waals surface area contributed by atoms with Gasteiger partial charge < -0.3 is 5.32 Å². The smallest absolute Gasteiger partial charge is 0.273 e. The molecule has 9 heteroatoms. The van der Waals surface area contributed by atoms with Gasteiger partial charge in [-0.3, -0.25) is 15.1 Å². The SMILES string of the molecule is Cc1cc(C)c(S(=O)(=O)N2CCNCC2c2cccnc2)cc1[N+](=O)[O-]. The van der Waals surface area contributed by atoms with E-state index in [1.165, 1.54) is 10.4 Å². The van der Waals surface area contributed by atoms with Crippen LogP contribution in [0.1, 0.15) is 22.7 Å². The maximum Gasteiger partial charge on any atom is 0.273 e. The lowest BCUT2D eigenvalue weighted by molar-refractivity contribution is -0.385. The normalized spacial score (nSPS) is 18.6. The molecule has 0 spiro atoms. The van der Waals surface area contributed by atoms with Crippen LogP contribution in [0.4, 0.5) is 5.69 Å². The fraction of sp³-hybridized carbons (Fsp3) is 0.353. The maximum atomic E-state index is 13.3. The summed E-state index contributed by atoms with van der Waals surface area (Å²) >= 11 is 0. The molecule has 1 aliphatic heterocycles. The van der Waals surface area contributed by atoms with Gasteiger partial charge in [-0.05, 0) is 37.1 Å². The predicted octanol–water partition coefficient (Wildman–Crippen LogP) is 1.94. The van der Waals surface area contributed by atoms with E-state index < -0.39 is 21.0 Å². The van der Waals surface area contributed by atoms with Gasteiger partial charge in [0.15, 0.2) is 0 Å². The van der Waals surface area contributed by atoms with Crippen LogP contribution in [0.15, 0.2) is 41.6 Å². The molecule has 1 aromatic carbocycles. The number of rotatable bonds is 4. The van der Waals surface area contributed by atoms with Gasteiger partial charge in [-0.2, -0.15) is 4.31 Å². The minimum absolute atomic E-state index is 0.0226. The highest BCUT2D eigenvalue weighted by Gasteiger charge is 2.36. The summed E-state index contributed by atoms with van der Waals surface area (Å²) in [6.45, 7) is 4.51. The van der Waals surface area contributed by atoms with E-state index in [4.69, 9.17) is 0 Å². The molecule has 1 unspecified atom stereocenters. The fourth-order valence-corrected chi connectivity index (χ4v) is 5.10. The first-order valence-corrected chi connectivity index (χ1v) is 9.64. The van der Waals surface area contributed by atoms with E-state index in [9.17, 15) is 18.5 Å². The molecule has 26 heavy (non-hydrogen) atoms. The van der Waals surface area contributed by atoms with Crippen molar-refractivity contribution in [2.45, 2.75) is 24.8 Å². The molecule has 0 saturated carbocycles. The number of hydrogen-bond acceptors (Lipinski definition) is 6. The summed E-state index contributed by atoms with van der Waals surface area (Å²) in [6, 6.07) is 5.89. The number of pyridine rings is 1. The zero-order valence-corrected chi connectivity index (χ0v) is 15.4. The van der Waals surface area contributed by atoms with Gasteiger partial charge in [0.1, 0.15) is 0 Å². The van der Waals surface area contributed by atoms with Crippen LogP contribution >= 0.6 is 0 Å². The molecular formula is C17H20N4O4S. The molecule has 3 rings (SSSR count). The Balaban J connectivity index is 2.09. The number of benzene rings is 1. The minimum Gasteiger partial charge on any atom is -0.313 e. The van der Waals surface area contributed by atoms with Gasteiger partial charge in [0.2, 0.25) is 10.0 Å². The van der Waals surface area contributed by atoms with Crippen LogP contribution in [0, 0.1) is 24.0 Å². The molecule has 0 bridgehead atoms. The number of hydrogen-bond donors (Lipinski definition) is 1. The van der Waals surface area contributed by atoms with Crippen LogP contribution in [-0.2, 0) is 10.0 Å². The summed E-state index contributed by atoms with van der Waals surface area (Å²) in [4.78, 5) is 14.8. The zero-order chi connectivity index (χ0) is 18.9. The largest absolute Gasteiger partial charge is 0.313 e. The third kappa shape index (κ3) is 3.33. The summed E-state index contributed by atoms with van der Waals surface area (Å²) in [5.41, 5.74) is 1.52. The molecule has 2 aromatic rings. The summed E-state index contributed by atoms with van der Waals surface area (Å²) in [7, 11) is -3.90. The Labute approximate surface area is 152 Å². The number of nitrogens with one attached hydrogen (secondary N) is 1. The van der Waals surface area contributed by atoms with Gasteiger partial charge in [-0.1, -0.05) is 6.07 Å². The van der Waals surface area contributed by atoms with Gasteiger partial charge in [-0.15, -0.1) is 0 Å². The monoisotopic (exact) mass is 376 g/mol. The lowest BCUT2D eigenvalue weighted by Gasteiger charge is -2.35. The quantitative estimate of drug-likeness (QED) is 0.646. The first-order chi connectivity index (χ1) is 12.3. The third-order valence-electron chi connectivity index (χ3n) is 4.54. The average Bonchev–Trinajstić information content (AvgIpc) is 2.62. The van der Waals surface area contributed by atoms with Gasteiger partial charge in [0.25, 0.3) is 5.69 Å². The van der Waals surface area contributed by atoms with E-state index >= 15 is 0 Å². The number of aryl methyl sites for hydroxylation is 2. The molecule has 1 atom stereocenters. The number of aromatic nitrogens is 1. The van der Waals surface area contributed by atoms with Crippen molar-refractivity contribution in [1.82, 2.24) is 14.6 Å². The molecule has 1 N–H and O–H groups in total. The summed E-state index contributed by atoms with van der Waals surface area (Å²) in [5.74, 6) is 0. The highest BCUT2D eigenvalue weighted by atomic mass is 32.2. The number of nitrogens with zero attached hydrogens (tertiary/aromatic N) is 3.